The molecule has 1 amide bonds. The lowest BCUT2D eigenvalue weighted by Gasteiger charge is -2.63. The van der Waals surface area contributed by atoms with Crippen LogP contribution >= 0.6 is 0 Å². The van der Waals surface area contributed by atoms with E-state index < -0.39 is 64.4 Å². The molecule has 1 saturated carbocycles. The maximum Gasteiger partial charge on any atom is 0.312 e. The third-order valence-electron chi connectivity index (χ3n) is 8.58. The van der Waals surface area contributed by atoms with Gasteiger partial charge in [-0.05, 0) is 57.9 Å². The zero-order valence-electron chi connectivity index (χ0n) is 25.7. The molecular formula is C34H39NO9. The van der Waals surface area contributed by atoms with E-state index in [1.165, 1.54) is 0 Å². The van der Waals surface area contributed by atoms with E-state index in [0.29, 0.717) is 11.1 Å². The van der Waals surface area contributed by atoms with Gasteiger partial charge in [0.2, 0.25) is 0 Å². The number of esters is 4. The van der Waals surface area contributed by atoms with Gasteiger partial charge in [0.15, 0.2) is 0 Å². The highest BCUT2D eigenvalue weighted by molar-refractivity contribution is 6.00. The van der Waals surface area contributed by atoms with Crippen molar-refractivity contribution in [2.24, 2.45) is 23.7 Å². The molecule has 3 aliphatic carbocycles. The van der Waals surface area contributed by atoms with Crippen molar-refractivity contribution in [1.82, 2.24) is 5.32 Å². The molecule has 10 heteroatoms. The fourth-order valence-corrected chi connectivity index (χ4v) is 7.12. The Labute approximate surface area is 257 Å². The highest BCUT2D eigenvalue weighted by Crippen LogP contribution is 2.64. The topological polar surface area (TPSA) is 134 Å². The zero-order valence-corrected chi connectivity index (χ0v) is 25.7. The van der Waals surface area contributed by atoms with Crippen LogP contribution in [0.5, 0.6) is 0 Å². The molecule has 1 N–H and O–H groups in total. The van der Waals surface area contributed by atoms with Gasteiger partial charge in [0.05, 0.1) is 55.6 Å². The summed E-state index contributed by atoms with van der Waals surface area (Å²) in [5, 5.41) is 2.96. The van der Waals surface area contributed by atoms with Crippen LogP contribution in [-0.4, -0.2) is 61.8 Å². The molecule has 0 aliphatic heterocycles. The van der Waals surface area contributed by atoms with Crippen molar-refractivity contribution in [2.75, 3.05) is 26.4 Å². The third-order valence-corrected chi connectivity index (χ3v) is 8.58. The fraction of sp³-hybridized carbons (Fsp3) is 0.441. The lowest BCUT2D eigenvalue weighted by molar-refractivity contribution is -0.193. The largest absolute Gasteiger partial charge is 0.466 e. The number of rotatable bonds is 11. The van der Waals surface area contributed by atoms with Crippen molar-refractivity contribution in [3.63, 3.8) is 0 Å². The first-order valence-corrected chi connectivity index (χ1v) is 14.9. The molecule has 44 heavy (non-hydrogen) atoms. The molecule has 1 fully saturated rings. The number of benzene rings is 2. The van der Waals surface area contributed by atoms with Gasteiger partial charge in [-0.1, -0.05) is 54.6 Å². The first-order valence-electron chi connectivity index (χ1n) is 14.9. The lowest BCUT2D eigenvalue weighted by atomic mass is 9.39. The number of carbonyl (C=O) groups is 5. The van der Waals surface area contributed by atoms with Gasteiger partial charge in [0, 0.05) is 11.0 Å². The zero-order chi connectivity index (χ0) is 32.1. The lowest BCUT2D eigenvalue weighted by Crippen LogP contribution is -2.79. The second-order valence-corrected chi connectivity index (χ2v) is 10.7. The average Bonchev–Trinajstić information content (AvgIpc) is 3.01. The molecule has 0 saturated heterocycles. The molecule has 0 aromatic heterocycles. The Morgan fingerprint density at radius 2 is 1.00 bits per heavy atom. The van der Waals surface area contributed by atoms with E-state index >= 15 is 0 Å². The van der Waals surface area contributed by atoms with E-state index in [-0.39, 0.29) is 32.0 Å². The maximum absolute atomic E-state index is 14.2. The minimum Gasteiger partial charge on any atom is -0.466 e. The van der Waals surface area contributed by atoms with Crippen LogP contribution in [0.1, 0.15) is 50.5 Å². The number of hydrogen-bond donors (Lipinski definition) is 1. The van der Waals surface area contributed by atoms with E-state index in [0.717, 1.165) is 0 Å². The summed E-state index contributed by atoms with van der Waals surface area (Å²) in [6, 6.07) is 17.0. The number of fused-ring (bicyclic) bond motifs is 2. The standard InChI is InChI=1S/C34H39NO9/c1-6-41-29(37)24-26(31(39)43-8-3)34(35-28(36)22-16-12-10-13-17-22)21(5)20-33(24,23-18-14-11-15-19-23)25(30(38)42-7-2)27(34)32(40)44-9-4/h10-20,24-27H,6-9H2,1-5H3,(H,35,36)/t24-,25+,26-,27+,33?,34?. The highest BCUT2D eigenvalue weighted by Gasteiger charge is 2.77. The first-order chi connectivity index (χ1) is 21.1. The van der Waals surface area contributed by atoms with Crippen LogP contribution in [-0.2, 0) is 43.5 Å². The summed E-state index contributed by atoms with van der Waals surface area (Å²) in [5.41, 5.74) is -2.43. The van der Waals surface area contributed by atoms with Crippen LogP contribution in [0.25, 0.3) is 0 Å². The predicted molar refractivity (Wildman–Crippen MR) is 159 cm³/mol. The normalized spacial score (nSPS) is 27.0. The quantitative estimate of drug-likeness (QED) is 0.231. The van der Waals surface area contributed by atoms with E-state index in [1.54, 1.807) is 101 Å². The van der Waals surface area contributed by atoms with Gasteiger partial charge in [-0.25, -0.2) is 0 Å². The molecule has 2 aromatic carbocycles. The molecule has 3 aliphatic rings. The van der Waals surface area contributed by atoms with Crippen LogP contribution in [0.15, 0.2) is 72.3 Å². The Bertz CT molecular complexity index is 1370. The molecule has 0 spiro atoms. The summed E-state index contributed by atoms with van der Waals surface area (Å²) in [7, 11) is 0. The second-order valence-electron chi connectivity index (χ2n) is 10.7. The van der Waals surface area contributed by atoms with Crippen molar-refractivity contribution in [3.8, 4) is 0 Å². The van der Waals surface area contributed by atoms with E-state index in [4.69, 9.17) is 18.9 Å². The van der Waals surface area contributed by atoms with Gasteiger partial charge in [-0.15, -0.1) is 0 Å². The van der Waals surface area contributed by atoms with Crippen LogP contribution in [0.4, 0.5) is 0 Å². The fourth-order valence-electron chi connectivity index (χ4n) is 7.12. The molecule has 2 unspecified atom stereocenters. The molecule has 2 aromatic rings. The SMILES string of the molecule is CCOC(=O)[C@@H]1[C@@H](C(=O)OCC)C2(c3ccccc3)C=C(C)C1(NC(=O)c1ccccc1)[C@@H](C(=O)OCC)[C@@H]2C(=O)OCC. The van der Waals surface area contributed by atoms with Crippen LogP contribution < -0.4 is 5.32 Å². The maximum atomic E-state index is 14.2. The van der Waals surface area contributed by atoms with E-state index in [1.807, 2.05) is 0 Å². The molecule has 0 heterocycles. The third kappa shape index (κ3) is 5.27. The van der Waals surface area contributed by atoms with Gasteiger partial charge >= 0.3 is 23.9 Å². The first kappa shape index (κ1) is 32.4. The summed E-state index contributed by atoms with van der Waals surface area (Å²) < 4.78 is 22.3. The van der Waals surface area contributed by atoms with Gasteiger partial charge in [-0.2, -0.15) is 0 Å². The van der Waals surface area contributed by atoms with Gasteiger partial charge < -0.3 is 24.3 Å². The summed E-state index contributed by atoms with van der Waals surface area (Å²) >= 11 is 0. The minimum atomic E-state index is -1.93. The average molecular weight is 606 g/mol. The molecule has 6 atom stereocenters. The second kappa shape index (κ2) is 13.4. The molecule has 2 bridgehead atoms. The molecule has 5 rings (SSSR count). The molecule has 10 nitrogen and oxygen atoms in total. The Balaban J connectivity index is 2.18. The number of amides is 1. The number of ether oxygens (including phenoxy) is 4. The summed E-state index contributed by atoms with van der Waals surface area (Å²) in [4.78, 5) is 70.7. The van der Waals surface area contributed by atoms with Crippen molar-refractivity contribution in [3.05, 3.63) is 83.4 Å². The van der Waals surface area contributed by atoms with Crippen molar-refractivity contribution < 1.29 is 42.9 Å². The monoisotopic (exact) mass is 605 g/mol. The summed E-state index contributed by atoms with van der Waals surface area (Å²) in [6.45, 7) is 8.04. The Kier molecular flexibility index (Phi) is 9.91. The van der Waals surface area contributed by atoms with Crippen molar-refractivity contribution in [2.45, 2.75) is 45.6 Å². The van der Waals surface area contributed by atoms with Gasteiger partial charge in [0.25, 0.3) is 5.91 Å². The smallest absolute Gasteiger partial charge is 0.312 e. The Hall–Kier alpha value is -4.47. The van der Waals surface area contributed by atoms with Crippen LogP contribution in [0, 0.1) is 23.7 Å². The number of hydrogen-bond acceptors (Lipinski definition) is 9. The van der Waals surface area contributed by atoms with Crippen LogP contribution in [0.2, 0.25) is 0 Å². The van der Waals surface area contributed by atoms with Crippen LogP contribution in [0.3, 0.4) is 0 Å². The van der Waals surface area contributed by atoms with E-state index in [9.17, 15) is 24.0 Å². The molecular weight excluding hydrogens is 566 g/mol. The van der Waals surface area contributed by atoms with E-state index in [2.05, 4.69) is 5.32 Å². The minimum absolute atomic E-state index is 0.0206. The number of allylic oxidation sites excluding steroid dienone is 1. The number of nitrogens with one attached hydrogen (secondary N) is 1. The highest BCUT2D eigenvalue weighted by atomic mass is 16.5. The molecule has 0 radical (unpaired) electrons. The summed E-state index contributed by atoms with van der Waals surface area (Å²) in [6.07, 6.45) is 1.71. The van der Waals surface area contributed by atoms with Crippen molar-refractivity contribution in [1.29, 1.82) is 0 Å². The number of carbonyl (C=O) groups excluding carboxylic acids is 5. The van der Waals surface area contributed by atoms with Crippen molar-refractivity contribution >= 4 is 29.8 Å². The van der Waals surface area contributed by atoms with Gasteiger partial charge in [-0.3, -0.25) is 24.0 Å². The summed E-state index contributed by atoms with van der Waals surface area (Å²) in [5.74, 6) is -9.62. The predicted octanol–water partition coefficient (Wildman–Crippen LogP) is 3.78. The Morgan fingerprint density at radius 1 is 0.614 bits per heavy atom. The Morgan fingerprint density at radius 3 is 1.41 bits per heavy atom. The molecule has 234 valence electrons. The van der Waals surface area contributed by atoms with Gasteiger partial charge in [0.1, 0.15) is 0 Å².